The van der Waals surface area contributed by atoms with Crippen LogP contribution in [-0.2, 0) is 0 Å². The van der Waals surface area contributed by atoms with Crippen LogP contribution in [0, 0.1) is 6.57 Å². The lowest BCUT2D eigenvalue weighted by molar-refractivity contribution is 0.309. The summed E-state index contributed by atoms with van der Waals surface area (Å²) >= 11 is 1.40. The summed E-state index contributed by atoms with van der Waals surface area (Å²) in [5.41, 5.74) is 3.57. The van der Waals surface area contributed by atoms with Crippen LogP contribution in [0.15, 0.2) is 87.2 Å². The molecule has 3 aromatic carbocycles. The summed E-state index contributed by atoms with van der Waals surface area (Å²) in [6, 6.07) is 20.3. The van der Waals surface area contributed by atoms with Gasteiger partial charge in [-0.05, 0) is 67.1 Å². The summed E-state index contributed by atoms with van der Waals surface area (Å²) in [5, 5.41) is 17.5. The third-order valence-electron chi connectivity index (χ3n) is 4.47. The quantitative estimate of drug-likeness (QED) is 0.156. The highest BCUT2D eigenvalue weighted by Gasteiger charge is 2.04. The molecule has 1 heterocycles. The summed E-state index contributed by atoms with van der Waals surface area (Å²) in [7, 11) is 0. The van der Waals surface area contributed by atoms with Crippen LogP contribution in [0.1, 0.15) is 19.8 Å². The van der Waals surface area contributed by atoms with Crippen molar-refractivity contribution in [3.05, 3.63) is 78.1 Å². The lowest BCUT2D eigenvalue weighted by atomic mass is 10.3. The Kier molecular flexibility index (Phi) is 6.90. The summed E-state index contributed by atoms with van der Waals surface area (Å²) in [4.78, 5) is 7.86. The second kappa shape index (κ2) is 10.4. The van der Waals surface area contributed by atoms with Crippen LogP contribution in [-0.4, -0.2) is 11.6 Å². The molecule has 0 saturated heterocycles. The van der Waals surface area contributed by atoms with Gasteiger partial charge in [-0.1, -0.05) is 30.7 Å². The molecule has 32 heavy (non-hydrogen) atoms. The standard InChI is InChI=1S/C24H20N6OS/c1-3-4-15-31-21-12-9-19(10-13-21)28-27-17-5-7-18(8-6-17)29-30-24-26-22-14-11-20(25-2)16-23(22)32-24/h5-14,16H,3-4,15H2,1H3. The van der Waals surface area contributed by atoms with Gasteiger partial charge in [0.1, 0.15) is 5.75 Å². The molecule has 0 radical (unpaired) electrons. The van der Waals surface area contributed by atoms with E-state index >= 15 is 0 Å². The van der Waals surface area contributed by atoms with Gasteiger partial charge >= 0.3 is 0 Å². The summed E-state index contributed by atoms with van der Waals surface area (Å²) in [5.74, 6) is 0.840. The van der Waals surface area contributed by atoms with Gasteiger partial charge in [-0.15, -0.1) is 10.2 Å². The number of fused-ring (bicyclic) bond motifs is 1. The predicted octanol–water partition coefficient (Wildman–Crippen LogP) is 8.86. The first-order chi connectivity index (χ1) is 15.7. The van der Waals surface area contributed by atoms with Gasteiger partial charge in [0, 0.05) is 4.70 Å². The van der Waals surface area contributed by atoms with E-state index in [2.05, 4.69) is 37.2 Å². The Balaban J connectivity index is 1.37. The van der Waals surface area contributed by atoms with Crippen molar-refractivity contribution in [2.75, 3.05) is 6.61 Å². The van der Waals surface area contributed by atoms with E-state index in [9.17, 15) is 0 Å². The highest BCUT2D eigenvalue weighted by molar-refractivity contribution is 7.21. The topological polar surface area (TPSA) is 75.9 Å². The van der Waals surface area contributed by atoms with Crippen molar-refractivity contribution in [2.45, 2.75) is 19.8 Å². The lowest BCUT2D eigenvalue weighted by Crippen LogP contribution is -1.95. The van der Waals surface area contributed by atoms with Gasteiger partial charge in [-0.2, -0.15) is 10.2 Å². The van der Waals surface area contributed by atoms with Gasteiger partial charge in [0.2, 0.25) is 5.13 Å². The van der Waals surface area contributed by atoms with Crippen molar-refractivity contribution in [3.8, 4) is 5.75 Å². The van der Waals surface area contributed by atoms with Crippen LogP contribution >= 0.6 is 11.3 Å². The molecule has 0 aliphatic rings. The molecule has 0 unspecified atom stereocenters. The minimum atomic E-state index is 0.549. The molecule has 8 heteroatoms. The van der Waals surface area contributed by atoms with Gasteiger partial charge in [0.25, 0.3) is 0 Å². The number of hydrogen-bond acceptors (Lipinski definition) is 7. The molecule has 0 amide bonds. The summed E-state index contributed by atoms with van der Waals surface area (Å²) in [6.45, 7) is 9.96. The highest BCUT2D eigenvalue weighted by atomic mass is 32.1. The molecule has 0 atom stereocenters. The maximum absolute atomic E-state index is 7.10. The highest BCUT2D eigenvalue weighted by Crippen LogP contribution is 2.32. The molecule has 0 saturated carbocycles. The number of azo groups is 2. The van der Waals surface area contributed by atoms with Crippen molar-refractivity contribution in [1.29, 1.82) is 0 Å². The van der Waals surface area contributed by atoms with E-state index in [1.54, 1.807) is 6.07 Å². The molecule has 0 spiro atoms. The Morgan fingerprint density at radius 2 is 1.50 bits per heavy atom. The largest absolute Gasteiger partial charge is 0.494 e. The molecule has 158 valence electrons. The minimum Gasteiger partial charge on any atom is -0.494 e. The van der Waals surface area contributed by atoms with E-state index in [1.807, 2.05) is 60.7 Å². The van der Waals surface area contributed by atoms with E-state index in [4.69, 9.17) is 11.3 Å². The molecular formula is C24H20N6OS. The predicted molar refractivity (Wildman–Crippen MR) is 128 cm³/mol. The smallest absolute Gasteiger partial charge is 0.231 e. The summed E-state index contributed by atoms with van der Waals surface area (Å²) < 4.78 is 6.57. The third-order valence-corrected chi connectivity index (χ3v) is 5.38. The number of benzene rings is 3. The van der Waals surface area contributed by atoms with Gasteiger partial charge in [-0.25, -0.2) is 9.83 Å². The fourth-order valence-corrected chi connectivity index (χ4v) is 3.58. The van der Waals surface area contributed by atoms with Crippen molar-refractivity contribution in [1.82, 2.24) is 4.98 Å². The third kappa shape index (κ3) is 5.59. The van der Waals surface area contributed by atoms with Crippen molar-refractivity contribution in [2.24, 2.45) is 20.5 Å². The summed E-state index contributed by atoms with van der Waals surface area (Å²) in [6.07, 6.45) is 2.15. The van der Waals surface area contributed by atoms with Crippen molar-refractivity contribution < 1.29 is 4.74 Å². The number of rotatable bonds is 8. The van der Waals surface area contributed by atoms with E-state index < -0.39 is 0 Å². The van der Waals surface area contributed by atoms with Gasteiger partial charge in [-0.3, -0.25) is 0 Å². The first kappa shape index (κ1) is 21.3. The number of aromatic nitrogens is 1. The van der Waals surface area contributed by atoms with E-state index in [-0.39, 0.29) is 0 Å². The maximum atomic E-state index is 7.10. The Labute approximate surface area is 190 Å². The van der Waals surface area contributed by atoms with E-state index in [1.165, 1.54) is 11.3 Å². The van der Waals surface area contributed by atoms with Crippen LogP contribution < -0.4 is 4.74 Å². The van der Waals surface area contributed by atoms with Crippen LogP contribution in [0.25, 0.3) is 15.1 Å². The Hall–Kier alpha value is -3.96. The number of ether oxygens (including phenoxy) is 1. The van der Waals surface area contributed by atoms with Gasteiger partial charge in [0.05, 0.1) is 35.8 Å². The second-order valence-electron chi connectivity index (χ2n) is 6.87. The zero-order valence-corrected chi connectivity index (χ0v) is 18.3. The first-order valence-corrected chi connectivity index (χ1v) is 11.0. The zero-order chi connectivity index (χ0) is 22.2. The monoisotopic (exact) mass is 440 g/mol. The fraction of sp³-hybridized carbons (Fsp3) is 0.167. The van der Waals surface area contributed by atoms with Crippen LogP contribution in [0.5, 0.6) is 5.75 Å². The number of nitrogens with zero attached hydrogens (tertiary/aromatic N) is 6. The molecular weight excluding hydrogens is 420 g/mol. The molecule has 0 aliphatic heterocycles. The van der Waals surface area contributed by atoms with Crippen molar-refractivity contribution >= 4 is 49.4 Å². The Morgan fingerprint density at radius 3 is 2.12 bits per heavy atom. The van der Waals surface area contributed by atoms with E-state index in [0.29, 0.717) is 16.5 Å². The number of thiazole rings is 1. The van der Waals surface area contributed by atoms with Crippen LogP contribution in [0.3, 0.4) is 0 Å². The first-order valence-electron chi connectivity index (χ1n) is 10.2. The normalized spacial score (nSPS) is 11.4. The number of hydrogen-bond donors (Lipinski definition) is 0. The second-order valence-corrected chi connectivity index (χ2v) is 7.88. The average molecular weight is 441 g/mol. The molecule has 4 rings (SSSR count). The maximum Gasteiger partial charge on any atom is 0.231 e. The average Bonchev–Trinajstić information content (AvgIpc) is 3.25. The van der Waals surface area contributed by atoms with Crippen LogP contribution in [0.4, 0.5) is 27.9 Å². The van der Waals surface area contributed by atoms with Gasteiger partial charge < -0.3 is 4.74 Å². The molecule has 0 aliphatic carbocycles. The zero-order valence-electron chi connectivity index (χ0n) is 17.5. The van der Waals surface area contributed by atoms with Crippen LogP contribution in [0.2, 0.25) is 0 Å². The molecule has 1 aromatic heterocycles. The fourth-order valence-electron chi connectivity index (χ4n) is 2.76. The molecule has 0 fully saturated rings. The minimum absolute atomic E-state index is 0.549. The molecule has 7 nitrogen and oxygen atoms in total. The molecule has 0 bridgehead atoms. The Morgan fingerprint density at radius 1 is 0.875 bits per heavy atom. The van der Waals surface area contributed by atoms with Gasteiger partial charge in [0.15, 0.2) is 5.69 Å². The molecule has 4 aromatic rings. The SMILES string of the molecule is [C-]#[N+]c1ccc2nc(N=Nc3ccc(N=Nc4ccc(OCCCC)cc4)cc3)sc2c1. The van der Waals surface area contributed by atoms with Crippen molar-refractivity contribution in [3.63, 3.8) is 0 Å². The Bertz CT molecular complexity index is 1290. The molecule has 0 N–H and O–H groups in total. The van der Waals surface area contributed by atoms with E-state index in [0.717, 1.165) is 46.8 Å². The lowest BCUT2D eigenvalue weighted by Gasteiger charge is -2.04. The number of unbranched alkanes of at least 4 members (excludes halogenated alkanes) is 1.